The van der Waals surface area contributed by atoms with Gasteiger partial charge in [-0.15, -0.1) is 11.3 Å². The van der Waals surface area contributed by atoms with E-state index in [0.717, 1.165) is 5.13 Å². The Kier molecular flexibility index (Phi) is 6.26. The predicted octanol–water partition coefficient (Wildman–Crippen LogP) is 4.91. The van der Waals surface area contributed by atoms with Gasteiger partial charge in [0.15, 0.2) is 5.13 Å². The maximum Gasteiger partial charge on any atom is 0.269 e. The molecule has 0 aliphatic rings. The van der Waals surface area contributed by atoms with Crippen molar-refractivity contribution >= 4 is 22.2 Å². The van der Waals surface area contributed by atoms with Crippen molar-refractivity contribution < 1.29 is 4.92 Å². The second-order valence-corrected chi connectivity index (χ2v) is 5.60. The third-order valence-corrected chi connectivity index (χ3v) is 3.74. The SMILES string of the molecule is CC(Nc1nccs1)c1ccccc1.O=[N+]([O-])c1ccccc1. The Balaban J connectivity index is 0.000000185. The molecule has 118 valence electrons. The summed E-state index contributed by atoms with van der Waals surface area (Å²) in [4.78, 5) is 13.8. The maximum absolute atomic E-state index is 10.0. The lowest BCUT2D eigenvalue weighted by Crippen LogP contribution is -2.05. The number of nitro groups is 1. The molecule has 1 unspecified atom stereocenters. The van der Waals surface area contributed by atoms with Gasteiger partial charge in [-0.2, -0.15) is 0 Å². The molecule has 0 fully saturated rings. The van der Waals surface area contributed by atoms with Gasteiger partial charge in [0.05, 0.1) is 11.0 Å². The normalized spacial score (nSPS) is 11.0. The number of thiazole rings is 1. The molecule has 3 aromatic rings. The number of non-ortho nitro benzene ring substituents is 1. The first kappa shape index (κ1) is 16.6. The van der Waals surface area contributed by atoms with Gasteiger partial charge in [-0.1, -0.05) is 48.5 Å². The van der Waals surface area contributed by atoms with Crippen LogP contribution in [0.5, 0.6) is 0 Å². The zero-order chi connectivity index (χ0) is 16.5. The average molecular weight is 327 g/mol. The summed E-state index contributed by atoms with van der Waals surface area (Å²) in [6.45, 7) is 2.14. The molecule has 0 amide bonds. The van der Waals surface area contributed by atoms with Gasteiger partial charge in [0.2, 0.25) is 0 Å². The molecule has 1 atom stereocenters. The lowest BCUT2D eigenvalue weighted by atomic mass is 10.1. The Morgan fingerprint density at radius 1 is 1.09 bits per heavy atom. The summed E-state index contributed by atoms with van der Waals surface area (Å²) in [6, 6.07) is 18.6. The van der Waals surface area contributed by atoms with Crippen molar-refractivity contribution in [1.29, 1.82) is 0 Å². The van der Waals surface area contributed by atoms with Crippen LogP contribution in [0.4, 0.5) is 10.8 Å². The lowest BCUT2D eigenvalue weighted by molar-refractivity contribution is -0.384. The highest BCUT2D eigenvalue weighted by atomic mass is 32.1. The summed E-state index contributed by atoms with van der Waals surface area (Å²) in [6.07, 6.45) is 1.81. The lowest BCUT2D eigenvalue weighted by Gasteiger charge is -2.12. The van der Waals surface area contributed by atoms with E-state index in [-0.39, 0.29) is 5.69 Å². The highest BCUT2D eigenvalue weighted by Crippen LogP contribution is 2.20. The van der Waals surface area contributed by atoms with Crippen molar-refractivity contribution in [2.75, 3.05) is 5.32 Å². The molecule has 0 saturated heterocycles. The molecule has 0 radical (unpaired) electrons. The first-order valence-electron chi connectivity index (χ1n) is 7.07. The molecule has 6 heteroatoms. The minimum atomic E-state index is -0.417. The zero-order valence-electron chi connectivity index (χ0n) is 12.6. The molecule has 5 nitrogen and oxygen atoms in total. The van der Waals surface area contributed by atoms with E-state index in [9.17, 15) is 10.1 Å². The average Bonchev–Trinajstić information content (AvgIpc) is 3.10. The molecule has 0 aliphatic carbocycles. The number of nitrogens with zero attached hydrogens (tertiary/aromatic N) is 2. The fourth-order valence-electron chi connectivity index (χ4n) is 1.85. The minimum Gasteiger partial charge on any atom is -0.355 e. The van der Waals surface area contributed by atoms with E-state index in [2.05, 4.69) is 41.5 Å². The predicted molar refractivity (Wildman–Crippen MR) is 93.7 cm³/mol. The Bertz CT molecular complexity index is 703. The monoisotopic (exact) mass is 327 g/mol. The Hall–Kier alpha value is -2.73. The molecule has 0 spiro atoms. The topological polar surface area (TPSA) is 68.1 Å². The molecule has 0 bridgehead atoms. The van der Waals surface area contributed by atoms with E-state index in [0.29, 0.717) is 6.04 Å². The van der Waals surface area contributed by atoms with Crippen LogP contribution in [0, 0.1) is 10.1 Å². The van der Waals surface area contributed by atoms with E-state index in [1.165, 1.54) is 17.7 Å². The van der Waals surface area contributed by atoms with Gasteiger partial charge in [-0.25, -0.2) is 4.98 Å². The molecular weight excluding hydrogens is 310 g/mol. The highest BCUT2D eigenvalue weighted by molar-refractivity contribution is 7.13. The van der Waals surface area contributed by atoms with E-state index in [4.69, 9.17) is 0 Å². The number of aromatic nitrogens is 1. The Morgan fingerprint density at radius 3 is 2.17 bits per heavy atom. The van der Waals surface area contributed by atoms with Crippen molar-refractivity contribution in [3.63, 3.8) is 0 Å². The standard InChI is InChI=1S/C11H12N2S.C6H5NO2/c1-9(10-5-3-2-4-6-10)13-11-12-7-8-14-11;8-7(9)6-4-2-1-3-5-6/h2-9H,1H3,(H,12,13);1-5H. The maximum atomic E-state index is 10.0. The smallest absolute Gasteiger partial charge is 0.269 e. The number of benzene rings is 2. The van der Waals surface area contributed by atoms with Crippen molar-refractivity contribution in [2.45, 2.75) is 13.0 Å². The number of nitro benzene ring substituents is 1. The van der Waals surface area contributed by atoms with Gasteiger partial charge in [-0.05, 0) is 12.5 Å². The second-order valence-electron chi connectivity index (χ2n) is 4.71. The van der Waals surface area contributed by atoms with Crippen molar-refractivity contribution in [2.24, 2.45) is 0 Å². The van der Waals surface area contributed by atoms with Gasteiger partial charge in [0, 0.05) is 23.7 Å². The summed E-state index contributed by atoms with van der Waals surface area (Å²) in [7, 11) is 0. The zero-order valence-corrected chi connectivity index (χ0v) is 13.4. The van der Waals surface area contributed by atoms with Gasteiger partial charge in [-0.3, -0.25) is 10.1 Å². The number of hydrogen-bond acceptors (Lipinski definition) is 5. The largest absolute Gasteiger partial charge is 0.355 e. The van der Waals surface area contributed by atoms with Crippen LogP contribution < -0.4 is 5.32 Å². The summed E-state index contributed by atoms with van der Waals surface area (Å²) < 4.78 is 0. The molecule has 1 heterocycles. The fraction of sp³-hybridized carbons (Fsp3) is 0.118. The van der Waals surface area contributed by atoms with Crippen molar-refractivity contribution in [3.05, 3.63) is 87.9 Å². The van der Waals surface area contributed by atoms with Crippen molar-refractivity contribution in [1.82, 2.24) is 4.98 Å². The number of anilines is 1. The van der Waals surface area contributed by atoms with Crippen LogP contribution in [0.2, 0.25) is 0 Å². The Morgan fingerprint density at radius 2 is 1.70 bits per heavy atom. The van der Waals surface area contributed by atoms with Crippen LogP contribution in [-0.4, -0.2) is 9.91 Å². The summed E-state index contributed by atoms with van der Waals surface area (Å²) in [5.74, 6) is 0. The first-order chi connectivity index (χ1) is 11.2. The number of rotatable bonds is 4. The molecule has 1 aromatic heterocycles. The number of hydrogen-bond donors (Lipinski definition) is 1. The molecule has 0 aliphatic heterocycles. The minimum absolute atomic E-state index is 0.137. The molecule has 23 heavy (non-hydrogen) atoms. The van der Waals surface area contributed by atoms with Crippen LogP contribution >= 0.6 is 11.3 Å². The molecular formula is C17H17N3O2S. The third-order valence-electron chi connectivity index (χ3n) is 3.04. The van der Waals surface area contributed by atoms with E-state index >= 15 is 0 Å². The number of para-hydroxylation sites is 1. The van der Waals surface area contributed by atoms with E-state index in [1.807, 2.05) is 17.6 Å². The van der Waals surface area contributed by atoms with Crippen molar-refractivity contribution in [3.8, 4) is 0 Å². The van der Waals surface area contributed by atoms with Crippen LogP contribution in [0.25, 0.3) is 0 Å². The summed E-state index contributed by atoms with van der Waals surface area (Å²) in [5.41, 5.74) is 1.42. The fourth-order valence-corrected chi connectivity index (χ4v) is 2.47. The van der Waals surface area contributed by atoms with Crippen LogP contribution in [0.15, 0.2) is 72.2 Å². The molecule has 1 N–H and O–H groups in total. The third kappa shape index (κ3) is 5.52. The van der Waals surface area contributed by atoms with Crippen LogP contribution in [0.1, 0.15) is 18.5 Å². The van der Waals surface area contributed by atoms with E-state index in [1.54, 1.807) is 29.5 Å². The highest BCUT2D eigenvalue weighted by Gasteiger charge is 2.04. The summed E-state index contributed by atoms with van der Waals surface area (Å²) in [5, 5.41) is 16.3. The second kappa shape index (κ2) is 8.65. The van der Waals surface area contributed by atoms with Gasteiger partial charge < -0.3 is 5.32 Å². The summed E-state index contributed by atoms with van der Waals surface area (Å²) >= 11 is 1.62. The van der Waals surface area contributed by atoms with Gasteiger partial charge >= 0.3 is 0 Å². The number of nitrogens with one attached hydrogen (secondary N) is 1. The first-order valence-corrected chi connectivity index (χ1v) is 7.95. The quantitative estimate of drug-likeness (QED) is 0.546. The molecule has 3 rings (SSSR count). The van der Waals surface area contributed by atoms with Gasteiger partial charge in [0.25, 0.3) is 5.69 Å². The molecule has 0 saturated carbocycles. The van der Waals surface area contributed by atoms with Crippen LogP contribution in [-0.2, 0) is 0 Å². The van der Waals surface area contributed by atoms with Crippen LogP contribution in [0.3, 0.4) is 0 Å². The molecule has 2 aromatic carbocycles. The van der Waals surface area contributed by atoms with Gasteiger partial charge in [0.1, 0.15) is 0 Å². The Labute approximate surface area is 138 Å². The van der Waals surface area contributed by atoms with E-state index < -0.39 is 4.92 Å².